The summed E-state index contributed by atoms with van der Waals surface area (Å²) in [6, 6.07) is 9.60. The fourth-order valence-corrected chi connectivity index (χ4v) is 5.10. The minimum Gasteiger partial charge on any atom is -0.488 e. The zero-order valence-electron chi connectivity index (χ0n) is 23.7. The van der Waals surface area contributed by atoms with Crippen LogP contribution in [0.15, 0.2) is 40.9 Å². The van der Waals surface area contributed by atoms with Gasteiger partial charge in [-0.25, -0.2) is 4.79 Å². The van der Waals surface area contributed by atoms with E-state index in [0.29, 0.717) is 63.8 Å². The van der Waals surface area contributed by atoms with E-state index in [9.17, 15) is 14.7 Å². The Labute approximate surface area is 249 Å². The molecule has 3 aromatic rings. The van der Waals surface area contributed by atoms with Crippen LogP contribution in [0, 0.1) is 19.8 Å². The zero-order valence-corrected chi connectivity index (χ0v) is 25.2. The molecule has 1 aromatic heterocycles. The Morgan fingerprint density at radius 1 is 1.20 bits per heavy atom. The first-order valence-corrected chi connectivity index (χ1v) is 14.1. The molecule has 0 saturated carbocycles. The number of likely N-dealkylation sites (N-methyl/N-ethyl adjacent to an activating group) is 1. The Kier molecular flexibility index (Phi) is 9.80. The normalized spacial score (nSPS) is 17.9. The first-order chi connectivity index (χ1) is 19.5. The number of rotatable bonds is 8. The van der Waals surface area contributed by atoms with Gasteiger partial charge < -0.3 is 29.9 Å². The second-order valence-corrected chi connectivity index (χ2v) is 11.4. The van der Waals surface area contributed by atoms with E-state index >= 15 is 0 Å². The third kappa shape index (κ3) is 7.32. The van der Waals surface area contributed by atoms with Gasteiger partial charge in [-0.2, -0.15) is 0 Å². The average molecular weight is 605 g/mol. The molecule has 10 nitrogen and oxygen atoms in total. The van der Waals surface area contributed by atoms with Crippen LogP contribution < -0.4 is 15.4 Å². The molecular weight excluding hydrogens is 569 g/mol. The predicted octanol–water partition coefficient (Wildman–Crippen LogP) is 5.59. The first kappa shape index (κ1) is 30.6. The fourth-order valence-electron chi connectivity index (χ4n) is 4.78. The number of nitrogens with one attached hydrogen (secondary N) is 2. The average Bonchev–Trinajstić information content (AvgIpc) is 3.24. The molecule has 41 heavy (non-hydrogen) atoms. The number of aliphatic hydroxyl groups is 1. The molecule has 0 radical (unpaired) electrons. The standard InChI is InChI=1S/C29H35Cl2N5O5/c1-16-12-36(17(2)15-37)28(38)22-11-21(32-29(39)33-27-18(3)34-41-19(27)4)7-9-25(22)40-26(16)14-35(5)13-20-6-8-23(30)24(31)10-20/h6-11,16-17,26,37H,12-15H2,1-5H3,(H2,32,33,39)/t16-,17-,26+/m0/s1. The van der Waals surface area contributed by atoms with Gasteiger partial charge >= 0.3 is 6.03 Å². The van der Waals surface area contributed by atoms with Gasteiger partial charge in [-0.05, 0) is 63.7 Å². The Bertz CT molecular complexity index is 1390. The lowest BCUT2D eigenvalue weighted by Crippen LogP contribution is -2.49. The van der Waals surface area contributed by atoms with Crippen molar-refractivity contribution in [3.8, 4) is 5.75 Å². The molecule has 0 fully saturated rings. The molecule has 0 aliphatic carbocycles. The van der Waals surface area contributed by atoms with E-state index < -0.39 is 12.1 Å². The molecule has 0 unspecified atom stereocenters. The Balaban J connectivity index is 1.57. The number of urea groups is 1. The fraction of sp³-hybridized carbons (Fsp3) is 0.414. The van der Waals surface area contributed by atoms with Gasteiger partial charge in [-0.1, -0.05) is 41.3 Å². The van der Waals surface area contributed by atoms with E-state index in [4.69, 9.17) is 32.5 Å². The predicted molar refractivity (Wildman–Crippen MR) is 159 cm³/mol. The van der Waals surface area contributed by atoms with Crippen molar-refractivity contribution >= 4 is 46.5 Å². The Morgan fingerprint density at radius 3 is 2.61 bits per heavy atom. The SMILES string of the molecule is Cc1noc(C)c1NC(=O)Nc1ccc2c(c1)C(=O)N([C@@H](C)CO)C[C@H](C)[C@@H](CN(C)Cc1ccc(Cl)c(Cl)c1)O2. The summed E-state index contributed by atoms with van der Waals surface area (Å²) in [5, 5.41) is 20.3. The third-order valence-corrected chi connectivity index (χ3v) is 7.86. The molecule has 0 spiro atoms. The molecule has 3 atom stereocenters. The highest BCUT2D eigenvalue weighted by Crippen LogP contribution is 2.31. The molecule has 1 aliphatic heterocycles. The van der Waals surface area contributed by atoms with Gasteiger partial charge in [-0.15, -0.1) is 0 Å². The second kappa shape index (κ2) is 13.1. The minimum absolute atomic E-state index is 0.0454. The van der Waals surface area contributed by atoms with E-state index in [0.717, 1.165) is 5.56 Å². The quantitative estimate of drug-likeness (QED) is 0.307. The highest BCUT2D eigenvalue weighted by atomic mass is 35.5. The van der Waals surface area contributed by atoms with Crippen molar-refractivity contribution < 1.29 is 24.0 Å². The molecule has 0 bridgehead atoms. The summed E-state index contributed by atoms with van der Waals surface area (Å²) in [4.78, 5) is 30.2. The number of aromatic nitrogens is 1. The molecule has 3 N–H and O–H groups in total. The number of anilines is 2. The van der Waals surface area contributed by atoms with Crippen LogP contribution in [0.1, 0.15) is 41.2 Å². The van der Waals surface area contributed by atoms with Gasteiger partial charge in [0.05, 0.1) is 28.3 Å². The van der Waals surface area contributed by atoms with E-state index in [1.807, 2.05) is 26.1 Å². The highest BCUT2D eigenvalue weighted by Gasteiger charge is 2.33. The van der Waals surface area contributed by atoms with Crippen molar-refractivity contribution in [3.05, 3.63) is 69.0 Å². The lowest BCUT2D eigenvalue weighted by Gasteiger charge is -2.38. The number of benzene rings is 2. The molecule has 220 valence electrons. The number of aliphatic hydroxyl groups excluding tert-OH is 1. The number of aryl methyl sites for hydroxylation is 2. The van der Waals surface area contributed by atoms with Crippen LogP contribution in [0.3, 0.4) is 0 Å². The van der Waals surface area contributed by atoms with Gasteiger partial charge in [0.2, 0.25) is 0 Å². The molecule has 2 heterocycles. The van der Waals surface area contributed by atoms with Crippen molar-refractivity contribution in [1.29, 1.82) is 0 Å². The van der Waals surface area contributed by atoms with E-state index in [2.05, 4.69) is 20.7 Å². The maximum absolute atomic E-state index is 13.7. The van der Waals surface area contributed by atoms with Crippen LogP contribution in [-0.4, -0.2) is 70.9 Å². The number of halogens is 2. The van der Waals surface area contributed by atoms with Crippen LogP contribution in [-0.2, 0) is 6.54 Å². The number of fused-ring (bicyclic) bond motifs is 1. The number of hydrogen-bond acceptors (Lipinski definition) is 7. The molecule has 1 aliphatic rings. The molecule has 4 rings (SSSR count). The molecular formula is C29H35Cl2N5O5. The van der Waals surface area contributed by atoms with Crippen LogP contribution in [0.25, 0.3) is 0 Å². The number of amides is 3. The third-order valence-electron chi connectivity index (χ3n) is 7.12. The second-order valence-electron chi connectivity index (χ2n) is 10.6. The van der Waals surface area contributed by atoms with Gasteiger partial charge in [0.1, 0.15) is 23.2 Å². The minimum atomic E-state index is -0.505. The number of carbonyl (C=O) groups is 2. The van der Waals surface area contributed by atoms with Crippen molar-refractivity contribution in [1.82, 2.24) is 15.0 Å². The molecule has 12 heteroatoms. The Hall–Kier alpha value is -3.31. The van der Waals surface area contributed by atoms with E-state index in [1.54, 1.807) is 49.9 Å². The van der Waals surface area contributed by atoms with Gasteiger partial charge in [0, 0.05) is 31.2 Å². The molecule has 2 aromatic carbocycles. The van der Waals surface area contributed by atoms with Gasteiger partial charge in [-0.3, -0.25) is 9.69 Å². The van der Waals surface area contributed by atoms with Crippen LogP contribution >= 0.6 is 23.2 Å². The highest BCUT2D eigenvalue weighted by molar-refractivity contribution is 6.42. The number of ether oxygens (including phenoxy) is 1. The van der Waals surface area contributed by atoms with Crippen molar-refractivity contribution in [3.63, 3.8) is 0 Å². The largest absolute Gasteiger partial charge is 0.488 e. The monoisotopic (exact) mass is 603 g/mol. The van der Waals surface area contributed by atoms with Crippen LogP contribution in [0.4, 0.5) is 16.2 Å². The lowest BCUT2D eigenvalue weighted by molar-refractivity contribution is 0.0341. The topological polar surface area (TPSA) is 120 Å². The summed E-state index contributed by atoms with van der Waals surface area (Å²) in [7, 11) is 1.99. The lowest BCUT2D eigenvalue weighted by atomic mass is 9.99. The summed E-state index contributed by atoms with van der Waals surface area (Å²) >= 11 is 12.3. The van der Waals surface area contributed by atoms with Crippen LogP contribution in [0.5, 0.6) is 5.75 Å². The summed E-state index contributed by atoms with van der Waals surface area (Å²) in [5.41, 5.74) is 2.75. The number of nitrogens with zero attached hydrogens (tertiary/aromatic N) is 3. The summed E-state index contributed by atoms with van der Waals surface area (Å²) in [6.45, 7) is 8.64. The van der Waals surface area contributed by atoms with Gasteiger partial charge in [0.25, 0.3) is 5.91 Å². The maximum Gasteiger partial charge on any atom is 0.323 e. The van der Waals surface area contributed by atoms with Crippen molar-refractivity contribution in [2.24, 2.45) is 5.92 Å². The van der Waals surface area contributed by atoms with Gasteiger partial charge in [0.15, 0.2) is 5.76 Å². The molecule has 0 saturated heterocycles. The number of hydrogen-bond donors (Lipinski definition) is 3. The smallest absolute Gasteiger partial charge is 0.323 e. The zero-order chi connectivity index (χ0) is 29.8. The summed E-state index contributed by atoms with van der Waals surface area (Å²) in [5.74, 6) is 0.556. The Morgan fingerprint density at radius 2 is 1.95 bits per heavy atom. The molecule has 3 amide bonds. The van der Waals surface area contributed by atoms with Crippen molar-refractivity contribution in [2.75, 3.05) is 37.4 Å². The van der Waals surface area contributed by atoms with E-state index in [-0.39, 0.29) is 24.5 Å². The maximum atomic E-state index is 13.7. The van der Waals surface area contributed by atoms with E-state index in [1.165, 1.54) is 0 Å². The summed E-state index contributed by atoms with van der Waals surface area (Å²) in [6.07, 6.45) is -0.273. The van der Waals surface area contributed by atoms with Crippen molar-refractivity contribution in [2.45, 2.75) is 46.4 Å². The first-order valence-electron chi connectivity index (χ1n) is 13.3. The van der Waals surface area contributed by atoms with Crippen LogP contribution in [0.2, 0.25) is 10.0 Å². The summed E-state index contributed by atoms with van der Waals surface area (Å²) < 4.78 is 11.6. The number of carbonyl (C=O) groups excluding carboxylic acids is 2.